The van der Waals surface area contributed by atoms with Gasteiger partial charge in [0.1, 0.15) is 5.82 Å². The molecule has 2 atom stereocenters. The number of nitrogens with zero attached hydrogens (tertiary/aromatic N) is 2. The number of nitrogens with two attached hydrogens (primary N) is 1. The molecule has 0 bridgehead atoms. The van der Waals surface area contributed by atoms with Crippen LogP contribution in [-0.2, 0) is 0 Å². The van der Waals surface area contributed by atoms with Gasteiger partial charge in [-0.3, -0.25) is 0 Å². The average Bonchev–Trinajstić information content (AvgIpc) is 2.36. The Morgan fingerprint density at radius 3 is 3.00 bits per heavy atom. The van der Waals surface area contributed by atoms with Crippen molar-refractivity contribution in [2.24, 2.45) is 0 Å². The molecule has 2 rings (SSSR count). The molecule has 0 aromatic carbocycles. The molecule has 1 saturated heterocycles. The van der Waals surface area contributed by atoms with Gasteiger partial charge in [0.25, 0.3) is 0 Å². The van der Waals surface area contributed by atoms with Crippen molar-refractivity contribution in [3.05, 3.63) is 12.1 Å². The van der Waals surface area contributed by atoms with Crippen LogP contribution in [0.1, 0.15) is 20.8 Å². The summed E-state index contributed by atoms with van der Waals surface area (Å²) in [5.74, 6) is 2.65. The number of anilines is 2. The molecule has 1 aromatic heterocycles. The van der Waals surface area contributed by atoms with E-state index < -0.39 is 0 Å². The lowest BCUT2D eigenvalue weighted by Gasteiger charge is -2.38. The molecule has 1 fully saturated rings. The number of ether oxygens (including phenoxy) is 1. The summed E-state index contributed by atoms with van der Waals surface area (Å²) >= 11 is 2.02. The lowest BCUT2D eigenvalue weighted by atomic mass is 10.2. The van der Waals surface area contributed by atoms with Gasteiger partial charge in [-0.25, -0.2) is 0 Å². The van der Waals surface area contributed by atoms with E-state index in [9.17, 15) is 0 Å². The van der Waals surface area contributed by atoms with Gasteiger partial charge in [-0.2, -0.15) is 16.7 Å². The Labute approximate surface area is 113 Å². The van der Waals surface area contributed by atoms with Gasteiger partial charge in [0.15, 0.2) is 0 Å². The normalized spacial score (nSPS) is 24.1. The average molecular weight is 267 g/mol. The third-order valence-corrected chi connectivity index (χ3v) is 4.67. The fourth-order valence-electron chi connectivity index (χ4n) is 2.11. The van der Waals surface area contributed by atoms with Crippen LogP contribution >= 0.6 is 11.8 Å². The smallest absolute Gasteiger partial charge is 0.239 e. The van der Waals surface area contributed by atoms with Crippen molar-refractivity contribution in [2.45, 2.75) is 32.1 Å². The summed E-state index contributed by atoms with van der Waals surface area (Å²) in [6, 6.07) is 4.35. The molecule has 0 aliphatic carbocycles. The van der Waals surface area contributed by atoms with Crippen LogP contribution in [0.4, 0.5) is 11.5 Å². The topological polar surface area (TPSA) is 51.4 Å². The zero-order valence-corrected chi connectivity index (χ0v) is 12.0. The molecule has 2 N–H and O–H groups in total. The van der Waals surface area contributed by atoms with E-state index in [0.29, 0.717) is 29.5 Å². The monoisotopic (exact) mass is 267 g/mol. The Balaban J connectivity index is 2.24. The molecule has 0 saturated carbocycles. The molecule has 0 spiro atoms. The van der Waals surface area contributed by atoms with Gasteiger partial charge in [0.05, 0.1) is 12.3 Å². The van der Waals surface area contributed by atoms with Crippen LogP contribution in [0.15, 0.2) is 12.1 Å². The Bertz CT molecular complexity index is 413. The van der Waals surface area contributed by atoms with Crippen LogP contribution in [0.25, 0.3) is 0 Å². The van der Waals surface area contributed by atoms with E-state index in [0.717, 1.165) is 18.1 Å². The van der Waals surface area contributed by atoms with Crippen molar-refractivity contribution in [3.8, 4) is 5.88 Å². The van der Waals surface area contributed by atoms with Gasteiger partial charge < -0.3 is 15.4 Å². The Hall–Kier alpha value is -1.10. The van der Waals surface area contributed by atoms with Crippen molar-refractivity contribution in [1.29, 1.82) is 0 Å². The van der Waals surface area contributed by atoms with Crippen molar-refractivity contribution in [3.63, 3.8) is 0 Å². The molecule has 1 aliphatic rings. The predicted octanol–water partition coefficient (Wildman–Crippen LogP) is 2.39. The minimum absolute atomic E-state index is 0.481. The molecule has 1 aliphatic heterocycles. The second kappa shape index (κ2) is 5.69. The van der Waals surface area contributed by atoms with Gasteiger partial charge in [-0.05, 0) is 26.0 Å². The maximum atomic E-state index is 5.86. The third-order valence-electron chi connectivity index (χ3n) is 3.33. The summed E-state index contributed by atoms with van der Waals surface area (Å²) in [5, 5.41) is 0.619. The number of hydrogen-bond acceptors (Lipinski definition) is 5. The standard InChI is InChI=1S/C13H21N3OS/c1-4-17-13-11(14)5-6-12(15-13)16-7-8-18-10(3)9(16)2/h5-6,9-10H,4,7-8,14H2,1-3H3. The number of rotatable bonds is 3. The summed E-state index contributed by atoms with van der Waals surface area (Å²) in [6.45, 7) is 8.06. The number of thioether (sulfide) groups is 1. The number of nitrogen functional groups attached to an aromatic ring is 1. The first-order valence-corrected chi connectivity index (χ1v) is 7.46. The van der Waals surface area contributed by atoms with E-state index in [1.807, 2.05) is 30.8 Å². The van der Waals surface area contributed by atoms with E-state index in [1.54, 1.807) is 0 Å². The molecular formula is C13H21N3OS. The maximum absolute atomic E-state index is 5.86. The molecule has 0 amide bonds. The first-order chi connectivity index (χ1) is 8.63. The molecule has 2 heterocycles. The number of hydrogen-bond donors (Lipinski definition) is 1. The van der Waals surface area contributed by atoms with Crippen LogP contribution in [0.3, 0.4) is 0 Å². The fraction of sp³-hybridized carbons (Fsp3) is 0.615. The molecule has 0 radical (unpaired) electrons. The van der Waals surface area contributed by atoms with E-state index in [4.69, 9.17) is 10.5 Å². The summed E-state index contributed by atoms with van der Waals surface area (Å²) in [7, 11) is 0. The van der Waals surface area contributed by atoms with Gasteiger partial charge in [0, 0.05) is 23.6 Å². The van der Waals surface area contributed by atoms with E-state index in [-0.39, 0.29) is 0 Å². The predicted molar refractivity (Wildman–Crippen MR) is 78.5 cm³/mol. The summed E-state index contributed by atoms with van der Waals surface area (Å²) in [4.78, 5) is 6.88. The van der Waals surface area contributed by atoms with Gasteiger partial charge >= 0.3 is 0 Å². The number of aromatic nitrogens is 1. The van der Waals surface area contributed by atoms with E-state index >= 15 is 0 Å². The van der Waals surface area contributed by atoms with Gasteiger partial charge in [-0.15, -0.1) is 0 Å². The Morgan fingerprint density at radius 1 is 1.50 bits per heavy atom. The van der Waals surface area contributed by atoms with E-state index in [1.165, 1.54) is 0 Å². The van der Waals surface area contributed by atoms with Gasteiger partial charge in [0.2, 0.25) is 5.88 Å². The summed E-state index contributed by atoms with van der Waals surface area (Å²) in [6.07, 6.45) is 0. The van der Waals surface area contributed by atoms with Crippen LogP contribution < -0.4 is 15.4 Å². The first kappa shape index (κ1) is 13.3. The zero-order chi connectivity index (χ0) is 13.1. The molecule has 18 heavy (non-hydrogen) atoms. The molecule has 4 nitrogen and oxygen atoms in total. The SMILES string of the molecule is CCOc1nc(N2CCSC(C)C2C)ccc1N. The summed E-state index contributed by atoms with van der Waals surface area (Å²) < 4.78 is 5.46. The lowest BCUT2D eigenvalue weighted by molar-refractivity contribution is 0.328. The van der Waals surface area contributed by atoms with E-state index in [2.05, 4.69) is 23.7 Å². The number of pyridine rings is 1. The lowest BCUT2D eigenvalue weighted by Crippen LogP contribution is -2.45. The Kier molecular flexibility index (Phi) is 4.22. The quantitative estimate of drug-likeness (QED) is 0.911. The highest BCUT2D eigenvalue weighted by Crippen LogP contribution is 2.30. The largest absolute Gasteiger partial charge is 0.476 e. The fourth-order valence-corrected chi connectivity index (χ4v) is 3.21. The van der Waals surface area contributed by atoms with Crippen molar-refractivity contribution in [1.82, 2.24) is 4.98 Å². The third kappa shape index (κ3) is 2.66. The van der Waals surface area contributed by atoms with Crippen LogP contribution in [0, 0.1) is 0 Å². The minimum Gasteiger partial charge on any atom is -0.476 e. The second-order valence-corrected chi connectivity index (χ2v) is 5.99. The molecule has 1 aromatic rings. The van der Waals surface area contributed by atoms with Crippen molar-refractivity contribution < 1.29 is 4.74 Å². The highest BCUT2D eigenvalue weighted by atomic mass is 32.2. The highest BCUT2D eigenvalue weighted by molar-refractivity contribution is 8.00. The van der Waals surface area contributed by atoms with Crippen LogP contribution in [0.2, 0.25) is 0 Å². The summed E-state index contributed by atoms with van der Waals surface area (Å²) in [5.41, 5.74) is 6.46. The molecule has 100 valence electrons. The Morgan fingerprint density at radius 2 is 2.28 bits per heavy atom. The van der Waals surface area contributed by atoms with Crippen LogP contribution in [-0.4, -0.2) is 35.2 Å². The van der Waals surface area contributed by atoms with Crippen molar-refractivity contribution >= 4 is 23.3 Å². The maximum Gasteiger partial charge on any atom is 0.239 e. The second-order valence-electron chi connectivity index (χ2n) is 4.51. The molecule has 2 unspecified atom stereocenters. The zero-order valence-electron chi connectivity index (χ0n) is 11.2. The van der Waals surface area contributed by atoms with Gasteiger partial charge in [-0.1, -0.05) is 6.92 Å². The molecule has 5 heteroatoms. The highest BCUT2D eigenvalue weighted by Gasteiger charge is 2.26. The minimum atomic E-state index is 0.481. The van der Waals surface area contributed by atoms with Crippen LogP contribution in [0.5, 0.6) is 5.88 Å². The van der Waals surface area contributed by atoms with Crippen molar-refractivity contribution in [2.75, 3.05) is 29.5 Å². The first-order valence-electron chi connectivity index (χ1n) is 6.41. The molecular weight excluding hydrogens is 246 g/mol.